The van der Waals surface area contributed by atoms with E-state index in [4.69, 9.17) is 5.73 Å². The second-order valence-electron chi connectivity index (χ2n) is 3.61. The molecule has 0 spiro atoms. The van der Waals surface area contributed by atoms with Crippen LogP contribution >= 0.6 is 0 Å². The summed E-state index contributed by atoms with van der Waals surface area (Å²) in [5.74, 6) is -0.420. The first kappa shape index (κ1) is 12.9. The first-order valence-corrected chi connectivity index (χ1v) is 5.23. The normalized spacial score (nSPS) is 21.6. The standard InChI is InChI=1S/C9H18N4O3/c1-16-8(15)6(10)3-2-4-11-9-12-5-7(14)13-9/h6,9,11-12H,2-5,10H2,1H3,(H,13,14)/t6-,9?/m0/s1. The van der Waals surface area contributed by atoms with Gasteiger partial charge in [0.25, 0.3) is 0 Å². The highest BCUT2D eigenvalue weighted by atomic mass is 16.5. The number of esters is 1. The molecule has 1 amide bonds. The van der Waals surface area contributed by atoms with Crippen molar-refractivity contribution in [3.8, 4) is 0 Å². The Balaban J connectivity index is 2.03. The molecule has 1 fully saturated rings. The van der Waals surface area contributed by atoms with Crippen LogP contribution in [0.3, 0.4) is 0 Å². The molecule has 1 rings (SSSR count). The molecular formula is C9H18N4O3. The lowest BCUT2D eigenvalue weighted by Crippen LogP contribution is -2.46. The van der Waals surface area contributed by atoms with Crippen LogP contribution in [0.1, 0.15) is 12.8 Å². The molecule has 0 saturated carbocycles. The molecule has 1 unspecified atom stereocenters. The first-order chi connectivity index (χ1) is 7.63. The van der Waals surface area contributed by atoms with Gasteiger partial charge in [-0.15, -0.1) is 0 Å². The van der Waals surface area contributed by atoms with Crippen molar-refractivity contribution in [3.05, 3.63) is 0 Å². The fraction of sp³-hybridized carbons (Fsp3) is 0.778. The molecule has 0 bridgehead atoms. The van der Waals surface area contributed by atoms with Gasteiger partial charge in [-0.25, -0.2) is 0 Å². The van der Waals surface area contributed by atoms with Crippen LogP contribution in [0.15, 0.2) is 0 Å². The second-order valence-corrected chi connectivity index (χ2v) is 3.61. The average Bonchev–Trinajstić information content (AvgIpc) is 2.69. The fourth-order valence-corrected chi connectivity index (χ4v) is 1.42. The first-order valence-electron chi connectivity index (χ1n) is 5.23. The number of rotatable bonds is 6. The maximum Gasteiger partial charge on any atom is 0.322 e. The summed E-state index contributed by atoms with van der Waals surface area (Å²) >= 11 is 0. The summed E-state index contributed by atoms with van der Waals surface area (Å²) in [7, 11) is 1.32. The Kier molecular flexibility index (Phi) is 5.17. The van der Waals surface area contributed by atoms with E-state index in [2.05, 4.69) is 20.7 Å². The van der Waals surface area contributed by atoms with Crippen LogP contribution in [0.2, 0.25) is 0 Å². The van der Waals surface area contributed by atoms with E-state index < -0.39 is 12.0 Å². The van der Waals surface area contributed by atoms with E-state index in [1.54, 1.807) is 0 Å². The van der Waals surface area contributed by atoms with Crippen LogP contribution in [0.25, 0.3) is 0 Å². The third-order valence-electron chi connectivity index (χ3n) is 2.32. The van der Waals surface area contributed by atoms with E-state index in [0.29, 0.717) is 19.5 Å². The molecule has 0 radical (unpaired) electrons. The van der Waals surface area contributed by atoms with Crippen LogP contribution < -0.4 is 21.7 Å². The van der Waals surface area contributed by atoms with Crippen molar-refractivity contribution in [2.45, 2.75) is 25.2 Å². The molecule has 1 aliphatic heterocycles. The Hall–Kier alpha value is -1.18. The minimum atomic E-state index is -0.571. The number of ether oxygens (including phenoxy) is 1. The molecule has 2 atom stereocenters. The lowest BCUT2D eigenvalue weighted by atomic mass is 10.2. The number of hydrogen-bond donors (Lipinski definition) is 4. The number of carbonyl (C=O) groups is 2. The van der Waals surface area contributed by atoms with Gasteiger partial charge < -0.3 is 15.8 Å². The van der Waals surface area contributed by atoms with Gasteiger partial charge in [0.05, 0.1) is 13.7 Å². The van der Waals surface area contributed by atoms with Crippen LogP contribution in [-0.2, 0) is 14.3 Å². The Morgan fingerprint density at radius 2 is 2.50 bits per heavy atom. The molecule has 1 aliphatic rings. The number of methoxy groups -OCH3 is 1. The highest BCUT2D eigenvalue weighted by molar-refractivity contribution is 5.80. The van der Waals surface area contributed by atoms with Crippen LogP contribution in [0.4, 0.5) is 0 Å². The summed E-state index contributed by atoms with van der Waals surface area (Å²) in [5, 5.41) is 8.70. The van der Waals surface area contributed by atoms with Crippen molar-refractivity contribution in [2.24, 2.45) is 5.73 Å². The zero-order chi connectivity index (χ0) is 12.0. The molecule has 0 aromatic rings. The molecule has 1 heterocycles. The molecule has 7 nitrogen and oxygen atoms in total. The lowest BCUT2D eigenvalue weighted by molar-refractivity contribution is -0.142. The number of nitrogens with one attached hydrogen (secondary N) is 3. The molecule has 0 aromatic heterocycles. The highest BCUT2D eigenvalue weighted by Crippen LogP contribution is 1.95. The number of amides is 1. The molecule has 0 aliphatic carbocycles. The monoisotopic (exact) mass is 230 g/mol. The van der Waals surface area contributed by atoms with E-state index in [0.717, 1.165) is 6.42 Å². The van der Waals surface area contributed by atoms with Crippen molar-refractivity contribution >= 4 is 11.9 Å². The van der Waals surface area contributed by atoms with E-state index in [9.17, 15) is 9.59 Å². The summed E-state index contributed by atoms with van der Waals surface area (Å²) in [6.07, 6.45) is 1.12. The molecule has 5 N–H and O–H groups in total. The van der Waals surface area contributed by atoms with Crippen molar-refractivity contribution in [1.82, 2.24) is 16.0 Å². The van der Waals surface area contributed by atoms with E-state index in [1.807, 2.05) is 0 Å². The van der Waals surface area contributed by atoms with Gasteiger partial charge in [0.2, 0.25) is 5.91 Å². The number of hydrogen-bond acceptors (Lipinski definition) is 6. The van der Waals surface area contributed by atoms with Gasteiger partial charge in [-0.05, 0) is 19.4 Å². The summed E-state index contributed by atoms with van der Waals surface area (Å²) < 4.78 is 4.50. The van der Waals surface area contributed by atoms with Gasteiger partial charge in [-0.3, -0.25) is 20.2 Å². The predicted molar refractivity (Wildman–Crippen MR) is 57.2 cm³/mol. The Morgan fingerprint density at radius 3 is 3.06 bits per heavy atom. The predicted octanol–water partition coefficient (Wildman–Crippen LogP) is -2.14. The molecule has 16 heavy (non-hydrogen) atoms. The SMILES string of the molecule is COC(=O)[C@@H](N)CCCNC1NCC(=O)N1. The number of carbonyl (C=O) groups excluding carboxylic acids is 2. The molecule has 92 valence electrons. The smallest absolute Gasteiger partial charge is 0.322 e. The number of nitrogens with two attached hydrogens (primary N) is 1. The fourth-order valence-electron chi connectivity index (χ4n) is 1.42. The van der Waals surface area contributed by atoms with Gasteiger partial charge in [-0.2, -0.15) is 0 Å². The van der Waals surface area contributed by atoms with E-state index in [1.165, 1.54) is 7.11 Å². The molecular weight excluding hydrogens is 212 g/mol. The molecule has 7 heteroatoms. The van der Waals surface area contributed by atoms with Gasteiger partial charge in [0.15, 0.2) is 0 Å². The molecule has 0 aromatic carbocycles. The van der Waals surface area contributed by atoms with Crippen molar-refractivity contribution < 1.29 is 14.3 Å². The quantitative estimate of drug-likeness (QED) is 0.306. The van der Waals surface area contributed by atoms with Crippen LogP contribution in [0, 0.1) is 0 Å². The van der Waals surface area contributed by atoms with Crippen molar-refractivity contribution in [3.63, 3.8) is 0 Å². The topological polar surface area (TPSA) is 105 Å². The summed E-state index contributed by atoms with van der Waals surface area (Å²) in [6.45, 7) is 1.00. The van der Waals surface area contributed by atoms with Gasteiger partial charge in [0.1, 0.15) is 12.3 Å². The van der Waals surface area contributed by atoms with Crippen molar-refractivity contribution in [1.29, 1.82) is 0 Å². The maximum atomic E-state index is 11.0. The summed E-state index contributed by atoms with van der Waals surface area (Å²) in [6, 6.07) is -0.571. The highest BCUT2D eigenvalue weighted by Gasteiger charge is 2.18. The molecule has 1 saturated heterocycles. The van der Waals surface area contributed by atoms with Gasteiger partial charge >= 0.3 is 5.97 Å². The van der Waals surface area contributed by atoms with Gasteiger partial charge in [0, 0.05) is 0 Å². The zero-order valence-corrected chi connectivity index (χ0v) is 9.29. The van der Waals surface area contributed by atoms with Crippen LogP contribution in [-0.4, -0.2) is 44.4 Å². The zero-order valence-electron chi connectivity index (χ0n) is 9.29. The Morgan fingerprint density at radius 1 is 1.75 bits per heavy atom. The summed E-state index contributed by atoms with van der Waals surface area (Å²) in [4.78, 5) is 21.8. The Bertz CT molecular complexity index is 259. The average molecular weight is 230 g/mol. The second kappa shape index (κ2) is 6.41. The van der Waals surface area contributed by atoms with E-state index in [-0.39, 0.29) is 12.2 Å². The van der Waals surface area contributed by atoms with Crippen LogP contribution in [0.5, 0.6) is 0 Å². The largest absolute Gasteiger partial charge is 0.468 e. The minimum absolute atomic E-state index is 0.0243. The van der Waals surface area contributed by atoms with Gasteiger partial charge in [-0.1, -0.05) is 0 Å². The Labute approximate surface area is 94.1 Å². The minimum Gasteiger partial charge on any atom is -0.468 e. The third-order valence-corrected chi connectivity index (χ3v) is 2.32. The third kappa shape index (κ3) is 4.13. The lowest BCUT2D eigenvalue weighted by Gasteiger charge is -2.13. The van der Waals surface area contributed by atoms with E-state index >= 15 is 0 Å². The summed E-state index contributed by atoms with van der Waals surface area (Å²) in [5.41, 5.74) is 5.56. The maximum absolute atomic E-state index is 11.0. The van der Waals surface area contributed by atoms with Crippen molar-refractivity contribution in [2.75, 3.05) is 20.2 Å².